The first-order valence-electron chi connectivity index (χ1n) is 5.14. The number of rotatable bonds is 5. The van der Waals surface area contributed by atoms with E-state index in [2.05, 4.69) is 24.0 Å². The summed E-state index contributed by atoms with van der Waals surface area (Å²) in [7, 11) is 0. The molecule has 0 bridgehead atoms. The van der Waals surface area contributed by atoms with Crippen LogP contribution in [0.25, 0.3) is 0 Å². The molecule has 0 spiro atoms. The van der Waals surface area contributed by atoms with E-state index in [-0.39, 0.29) is 5.84 Å². The predicted molar refractivity (Wildman–Crippen MR) is 61.2 cm³/mol. The summed E-state index contributed by atoms with van der Waals surface area (Å²) in [6.07, 6.45) is 1.60. The van der Waals surface area contributed by atoms with Crippen LogP contribution in [0.4, 0.5) is 0 Å². The van der Waals surface area contributed by atoms with Gasteiger partial charge in [-0.3, -0.25) is 4.98 Å². The van der Waals surface area contributed by atoms with Crippen LogP contribution in [-0.2, 0) is 11.3 Å². The molecule has 1 aromatic rings. The summed E-state index contributed by atoms with van der Waals surface area (Å²) in [4.78, 5) is 4.05. The molecule has 0 aliphatic rings. The number of hydrogen-bond acceptors (Lipinski definition) is 4. The van der Waals surface area contributed by atoms with Crippen molar-refractivity contribution in [2.45, 2.75) is 20.5 Å². The first kappa shape index (κ1) is 12.4. The summed E-state index contributed by atoms with van der Waals surface area (Å²) < 4.78 is 5.48. The third kappa shape index (κ3) is 3.51. The predicted octanol–water partition coefficient (Wildman–Crippen LogP) is 1.35. The number of nitrogens with two attached hydrogens (primary N) is 1. The molecule has 0 aliphatic carbocycles. The van der Waals surface area contributed by atoms with Crippen molar-refractivity contribution in [1.29, 1.82) is 0 Å². The SMILES string of the molecule is CC(C)COCc1cccnc1C(N)=NO. The average molecular weight is 223 g/mol. The molecule has 0 radical (unpaired) electrons. The van der Waals surface area contributed by atoms with Crippen LogP contribution < -0.4 is 5.73 Å². The Morgan fingerprint density at radius 1 is 1.62 bits per heavy atom. The molecule has 0 atom stereocenters. The molecule has 0 saturated carbocycles. The van der Waals surface area contributed by atoms with Gasteiger partial charge in [0.25, 0.3) is 0 Å². The van der Waals surface area contributed by atoms with Crippen LogP contribution in [0.2, 0.25) is 0 Å². The van der Waals surface area contributed by atoms with Gasteiger partial charge in [0.1, 0.15) is 5.69 Å². The van der Waals surface area contributed by atoms with E-state index in [4.69, 9.17) is 15.7 Å². The maximum Gasteiger partial charge on any atom is 0.189 e. The topological polar surface area (TPSA) is 80.7 Å². The van der Waals surface area contributed by atoms with Gasteiger partial charge in [0, 0.05) is 18.4 Å². The van der Waals surface area contributed by atoms with E-state index in [0.717, 1.165) is 5.56 Å². The first-order chi connectivity index (χ1) is 7.65. The van der Waals surface area contributed by atoms with Crippen molar-refractivity contribution < 1.29 is 9.94 Å². The Labute approximate surface area is 94.9 Å². The second-order valence-electron chi connectivity index (χ2n) is 3.91. The van der Waals surface area contributed by atoms with Crippen molar-refractivity contribution in [2.75, 3.05) is 6.61 Å². The normalized spacial score (nSPS) is 12.1. The minimum Gasteiger partial charge on any atom is -0.409 e. The van der Waals surface area contributed by atoms with Gasteiger partial charge < -0.3 is 15.7 Å². The third-order valence-electron chi connectivity index (χ3n) is 1.95. The fourth-order valence-corrected chi connectivity index (χ4v) is 1.24. The Morgan fingerprint density at radius 2 is 2.38 bits per heavy atom. The van der Waals surface area contributed by atoms with Gasteiger partial charge in [0.15, 0.2) is 5.84 Å². The van der Waals surface area contributed by atoms with Gasteiger partial charge in [-0.1, -0.05) is 25.1 Å². The van der Waals surface area contributed by atoms with Crippen LogP contribution in [0, 0.1) is 5.92 Å². The van der Waals surface area contributed by atoms with E-state index in [1.165, 1.54) is 0 Å². The lowest BCUT2D eigenvalue weighted by Gasteiger charge is -2.09. The second kappa shape index (κ2) is 6.07. The number of nitrogens with zero attached hydrogens (tertiary/aromatic N) is 2. The van der Waals surface area contributed by atoms with E-state index >= 15 is 0 Å². The molecule has 0 saturated heterocycles. The molecule has 1 rings (SSSR count). The number of aromatic nitrogens is 1. The van der Waals surface area contributed by atoms with Crippen LogP contribution in [0.15, 0.2) is 23.5 Å². The highest BCUT2D eigenvalue weighted by atomic mass is 16.5. The number of amidine groups is 1. The molecule has 0 amide bonds. The van der Waals surface area contributed by atoms with E-state index in [1.54, 1.807) is 12.3 Å². The Morgan fingerprint density at radius 3 is 3.00 bits per heavy atom. The molecular formula is C11H17N3O2. The molecule has 1 aromatic heterocycles. The minimum absolute atomic E-state index is 0.00347. The van der Waals surface area contributed by atoms with Crippen molar-refractivity contribution in [3.63, 3.8) is 0 Å². The molecular weight excluding hydrogens is 206 g/mol. The van der Waals surface area contributed by atoms with E-state index in [1.807, 2.05) is 6.07 Å². The Balaban J connectivity index is 2.72. The molecule has 0 aromatic carbocycles. The van der Waals surface area contributed by atoms with Crippen molar-refractivity contribution in [2.24, 2.45) is 16.8 Å². The summed E-state index contributed by atoms with van der Waals surface area (Å²) in [5, 5.41) is 11.5. The van der Waals surface area contributed by atoms with Crippen LogP contribution in [0.1, 0.15) is 25.1 Å². The van der Waals surface area contributed by atoms with Crippen LogP contribution in [0.3, 0.4) is 0 Å². The maximum atomic E-state index is 8.61. The van der Waals surface area contributed by atoms with Crippen molar-refractivity contribution in [1.82, 2.24) is 4.98 Å². The lowest BCUT2D eigenvalue weighted by molar-refractivity contribution is 0.0968. The standard InChI is InChI=1S/C11H17N3O2/c1-8(2)6-16-7-9-4-3-5-13-10(9)11(12)14-15/h3-5,8,15H,6-7H2,1-2H3,(H2,12,14). The summed E-state index contributed by atoms with van der Waals surface area (Å²) >= 11 is 0. The fraction of sp³-hybridized carbons (Fsp3) is 0.455. The zero-order chi connectivity index (χ0) is 12.0. The highest BCUT2D eigenvalue weighted by Gasteiger charge is 2.08. The van der Waals surface area contributed by atoms with E-state index < -0.39 is 0 Å². The van der Waals surface area contributed by atoms with Crippen molar-refractivity contribution >= 4 is 5.84 Å². The number of oxime groups is 1. The minimum atomic E-state index is 0.00347. The van der Waals surface area contributed by atoms with Crippen molar-refractivity contribution in [3.8, 4) is 0 Å². The van der Waals surface area contributed by atoms with Crippen molar-refractivity contribution in [3.05, 3.63) is 29.6 Å². The van der Waals surface area contributed by atoms with Gasteiger partial charge in [0.2, 0.25) is 0 Å². The number of pyridine rings is 1. The largest absolute Gasteiger partial charge is 0.409 e. The zero-order valence-electron chi connectivity index (χ0n) is 9.55. The highest BCUT2D eigenvalue weighted by Crippen LogP contribution is 2.07. The summed E-state index contributed by atoms with van der Waals surface area (Å²) in [6.45, 7) is 5.24. The molecule has 0 fully saturated rings. The highest BCUT2D eigenvalue weighted by molar-refractivity contribution is 5.96. The summed E-state index contributed by atoms with van der Waals surface area (Å²) in [5.41, 5.74) is 6.79. The second-order valence-corrected chi connectivity index (χ2v) is 3.91. The smallest absolute Gasteiger partial charge is 0.189 e. The molecule has 5 nitrogen and oxygen atoms in total. The Bertz CT molecular complexity index is 364. The lowest BCUT2D eigenvalue weighted by atomic mass is 10.2. The van der Waals surface area contributed by atoms with Gasteiger partial charge >= 0.3 is 0 Å². The molecule has 3 N–H and O–H groups in total. The molecule has 0 aliphatic heterocycles. The lowest BCUT2D eigenvalue weighted by Crippen LogP contribution is -2.18. The van der Waals surface area contributed by atoms with Crippen LogP contribution in [-0.4, -0.2) is 22.6 Å². The molecule has 0 unspecified atom stereocenters. The number of ether oxygens (including phenoxy) is 1. The number of hydrogen-bond donors (Lipinski definition) is 2. The maximum absolute atomic E-state index is 8.61. The van der Waals surface area contributed by atoms with Crippen LogP contribution in [0.5, 0.6) is 0 Å². The monoisotopic (exact) mass is 223 g/mol. The van der Waals surface area contributed by atoms with Gasteiger partial charge in [-0.15, -0.1) is 0 Å². The Kier molecular flexibility index (Phi) is 4.72. The average Bonchev–Trinajstić information content (AvgIpc) is 2.28. The van der Waals surface area contributed by atoms with Gasteiger partial charge in [-0.25, -0.2) is 0 Å². The van der Waals surface area contributed by atoms with Gasteiger partial charge in [-0.05, 0) is 12.0 Å². The van der Waals surface area contributed by atoms with Crippen LogP contribution >= 0.6 is 0 Å². The molecule has 16 heavy (non-hydrogen) atoms. The summed E-state index contributed by atoms with van der Waals surface area (Å²) in [6, 6.07) is 3.64. The van der Waals surface area contributed by atoms with E-state index in [9.17, 15) is 0 Å². The molecule has 88 valence electrons. The zero-order valence-corrected chi connectivity index (χ0v) is 9.55. The van der Waals surface area contributed by atoms with Gasteiger partial charge in [0.05, 0.1) is 6.61 Å². The first-order valence-corrected chi connectivity index (χ1v) is 5.14. The molecule has 5 heteroatoms. The van der Waals surface area contributed by atoms with E-state index in [0.29, 0.717) is 24.8 Å². The Hall–Kier alpha value is -1.62. The third-order valence-corrected chi connectivity index (χ3v) is 1.95. The molecule has 1 heterocycles. The fourth-order valence-electron chi connectivity index (χ4n) is 1.24. The van der Waals surface area contributed by atoms with Gasteiger partial charge in [-0.2, -0.15) is 0 Å². The summed E-state index contributed by atoms with van der Waals surface area (Å²) in [5.74, 6) is 0.479. The quantitative estimate of drug-likeness (QED) is 0.342.